The fraction of sp³-hybridized carbons (Fsp3) is 0.364. The average Bonchev–Trinajstić information content (AvgIpc) is 2.80. The number of hydrogen-bond donors (Lipinski definition) is 0. The zero-order chi connectivity index (χ0) is 13.1. The number of aromatic nitrogens is 4. The third kappa shape index (κ3) is 2.57. The van der Waals surface area contributed by atoms with Crippen molar-refractivity contribution < 1.29 is 4.74 Å². The van der Waals surface area contributed by atoms with Crippen LogP contribution in [0.25, 0.3) is 0 Å². The zero-order valence-corrected chi connectivity index (χ0v) is 11.5. The smallest absolute Gasteiger partial charge is 0.169 e. The van der Waals surface area contributed by atoms with E-state index in [1.54, 1.807) is 17.9 Å². The van der Waals surface area contributed by atoms with Crippen LogP contribution in [0.2, 0.25) is 5.02 Å². The Morgan fingerprint density at radius 1 is 1.44 bits per heavy atom. The highest BCUT2D eigenvalue weighted by Crippen LogP contribution is 2.27. The van der Waals surface area contributed by atoms with Crippen LogP contribution in [0.4, 0.5) is 0 Å². The summed E-state index contributed by atoms with van der Waals surface area (Å²) in [6.45, 7) is 2.23. The fourth-order valence-corrected chi connectivity index (χ4v) is 2.02. The third-order valence-electron chi connectivity index (χ3n) is 2.52. The number of alkyl halides is 1. The van der Waals surface area contributed by atoms with Crippen LogP contribution < -0.4 is 4.74 Å². The molecule has 1 aromatic carbocycles. The third-order valence-corrected chi connectivity index (χ3v) is 3.07. The second kappa shape index (κ2) is 5.54. The van der Waals surface area contributed by atoms with Gasteiger partial charge >= 0.3 is 0 Å². The van der Waals surface area contributed by atoms with Crippen molar-refractivity contribution in [1.29, 1.82) is 0 Å². The van der Waals surface area contributed by atoms with Gasteiger partial charge in [0, 0.05) is 10.6 Å². The summed E-state index contributed by atoms with van der Waals surface area (Å²) in [6.07, 6.45) is 0. The summed E-state index contributed by atoms with van der Waals surface area (Å²) >= 11 is 12.2. The number of ether oxygens (including phenoxy) is 1. The lowest BCUT2D eigenvalue weighted by molar-refractivity contribution is 0.406. The number of halogens is 2. The van der Waals surface area contributed by atoms with Crippen LogP contribution >= 0.6 is 23.2 Å². The van der Waals surface area contributed by atoms with Crippen LogP contribution in [0.3, 0.4) is 0 Å². The Morgan fingerprint density at radius 2 is 2.22 bits per heavy atom. The Kier molecular flexibility index (Phi) is 4.04. The van der Waals surface area contributed by atoms with E-state index >= 15 is 0 Å². The van der Waals surface area contributed by atoms with E-state index in [-0.39, 0.29) is 5.38 Å². The van der Waals surface area contributed by atoms with Gasteiger partial charge in [-0.15, -0.1) is 16.7 Å². The predicted molar refractivity (Wildman–Crippen MR) is 69.2 cm³/mol. The molecule has 0 bridgehead atoms. The molecule has 18 heavy (non-hydrogen) atoms. The molecule has 0 amide bonds. The SMILES string of the molecule is COc1cccc(Cl)c1Cn1nnnc1C(C)Cl. The van der Waals surface area contributed by atoms with Gasteiger partial charge in [0.05, 0.1) is 19.0 Å². The molecule has 0 fully saturated rings. The van der Waals surface area contributed by atoms with E-state index in [0.29, 0.717) is 23.1 Å². The molecule has 0 radical (unpaired) electrons. The van der Waals surface area contributed by atoms with Gasteiger partial charge in [0.2, 0.25) is 0 Å². The molecule has 0 spiro atoms. The summed E-state index contributed by atoms with van der Waals surface area (Å²) in [7, 11) is 1.60. The number of tetrazole rings is 1. The van der Waals surface area contributed by atoms with Crippen molar-refractivity contribution in [2.45, 2.75) is 18.8 Å². The molecule has 0 aliphatic carbocycles. The number of nitrogens with zero attached hydrogens (tertiary/aromatic N) is 4. The van der Waals surface area contributed by atoms with E-state index in [2.05, 4.69) is 15.5 Å². The zero-order valence-electron chi connectivity index (χ0n) is 9.97. The molecular weight excluding hydrogens is 275 g/mol. The lowest BCUT2D eigenvalue weighted by atomic mass is 10.2. The molecule has 0 N–H and O–H groups in total. The van der Waals surface area contributed by atoms with E-state index in [9.17, 15) is 0 Å². The van der Waals surface area contributed by atoms with E-state index in [1.165, 1.54) is 0 Å². The van der Waals surface area contributed by atoms with Crippen molar-refractivity contribution in [3.63, 3.8) is 0 Å². The van der Waals surface area contributed by atoms with Crippen molar-refractivity contribution in [1.82, 2.24) is 20.2 Å². The second-order valence-electron chi connectivity index (χ2n) is 3.73. The van der Waals surface area contributed by atoms with Gasteiger partial charge in [0.25, 0.3) is 0 Å². The first kappa shape index (κ1) is 13.1. The van der Waals surface area contributed by atoms with Crippen LogP contribution in [0, 0.1) is 0 Å². The van der Waals surface area contributed by atoms with Gasteiger partial charge in [-0.1, -0.05) is 17.7 Å². The molecule has 7 heteroatoms. The topological polar surface area (TPSA) is 52.8 Å². The molecule has 0 aliphatic rings. The van der Waals surface area contributed by atoms with E-state index < -0.39 is 0 Å². The number of hydrogen-bond acceptors (Lipinski definition) is 4. The van der Waals surface area contributed by atoms with Crippen LogP contribution in [0.1, 0.15) is 23.7 Å². The van der Waals surface area contributed by atoms with Gasteiger partial charge in [-0.25, -0.2) is 4.68 Å². The molecule has 0 saturated heterocycles. The van der Waals surface area contributed by atoms with E-state index in [0.717, 1.165) is 5.56 Å². The molecule has 0 saturated carbocycles. The summed E-state index contributed by atoms with van der Waals surface area (Å²) < 4.78 is 6.89. The van der Waals surface area contributed by atoms with Crippen molar-refractivity contribution in [2.75, 3.05) is 7.11 Å². The van der Waals surface area contributed by atoms with Gasteiger partial charge in [0.1, 0.15) is 5.75 Å². The van der Waals surface area contributed by atoms with Crippen LogP contribution in [-0.4, -0.2) is 27.3 Å². The Balaban J connectivity index is 2.37. The van der Waals surface area contributed by atoms with E-state index in [4.69, 9.17) is 27.9 Å². The lowest BCUT2D eigenvalue weighted by Crippen LogP contribution is -2.09. The van der Waals surface area contributed by atoms with Crippen LogP contribution in [0.15, 0.2) is 18.2 Å². The maximum Gasteiger partial charge on any atom is 0.169 e. The number of rotatable bonds is 4. The Bertz CT molecular complexity index is 542. The highest BCUT2D eigenvalue weighted by Gasteiger charge is 2.15. The highest BCUT2D eigenvalue weighted by molar-refractivity contribution is 6.31. The first-order valence-electron chi connectivity index (χ1n) is 5.35. The van der Waals surface area contributed by atoms with Crippen molar-refractivity contribution >= 4 is 23.2 Å². The van der Waals surface area contributed by atoms with Gasteiger partial charge in [-0.2, -0.15) is 0 Å². The number of benzene rings is 1. The molecular formula is C11H12Cl2N4O. The maximum absolute atomic E-state index is 6.16. The summed E-state index contributed by atoms with van der Waals surface area (Å²) in [4.78, 5) is 0. The minimum atomic E-state index is -0.270. The number of methoxy groups -OCH3 is 1. The molecule has 2 rings (SSSR count). The van der Waals surface area contributed by atoms with Crippen LogP contribution in [-0.2, 0) is 6.54 Å². The van der Waals surface area contributed by atoms with Gasteiger partial charge in [0.15, 0.2) is 5.82 Å². The molecule has 2 aromatic rings. The summed E-state index contributed by atoms with van der Waals surface area (Å²) in [5.41, 5.74) is 0.826. The van der Waals surface area contributed by atoms with Crippen molar-refractivity contribution in [3.8, 4) is 5.75 Å². The standard InChI is InChI=1S/C11H12Cl2N4O/c1-7(12)11-14-15-16-17(11)6-8-9(13)4-3-5-10(8)18-2/h3-5,7H,6H2,1-2H3. The van der Waals surface area contributed by atoms with Gasteiger partial charge in [-0.3, -0.25) is 0 Å². The van der Waals surface area contributed by atoms with E-state index in [1.807, 2.05) is 19.1 Å². The Hall–Kier alpha value is -1.33. The minimum absolute atomic E-state index is 0.270. The lowest BCUT2D eigenvalue weighted by Gasteiger charge is -2.11. The molecule has 1 aromatic heterocycles. The quantitative estimate of drug-likeness (QED) is 0.811. The van der Waals surface area contributed by atoms with Gasteiger partial charge < -0.3 is 4.74 Å². The molecule has 1 atom stereocenters. The van der Waals surface area contributed by atoms with Gasteiger partial charge in [-0.05, 0) is 29.5 Å². The second-order valence-corrected chi connectivity index (χ2v) is 4.79. The summed E-state index contributed by atoms with van der Waals surface area (Å²) in [5, 5.41) is 11.7. The predicted octanol–water partition coefficient (Wildman–Crippen LogP) is 2.68. The van der Waals surface area contributed by atoms with Crippen molar-refractivity contribution in [2.24, 2.45) is 0 Å². The Labute approximate surface area is 115 Å². The first-order chi connectivity index (χ1) is 8.63. The fourth-order valence-electron chi connectivity index (χ4n) is 1.64. The first-order valence-corrected chi connectivity index (χ1v) is 6.16. The largest absolute Gasteiger partial charge is 0.496 e. The summed E-state index contributed by atoms with van der Waals surface area (Å²) in [5.74, 6) is 1.30. The minimum Gasteiger partial charge on any atom is -0.496 e. The van der Waals surface area contributed by atoms with Crippen LogP contribution in [0.5, 0.6) is 5.75 Å². The molecule has 96 valence electrons. The average molecular weight is 287 g/mol. The highest BCUT2D eigenvalue weighted by atomic mass is 35.5. The monoisotopic (exact) mass is 286 g/mol. The maximum atomic E-state index is 6.16. The van der Waals surface area contributed by atoms with Crippen molar-refractivity contribution in [3.05, 3.63) is 34.6 Å². The molecule has 0 aliphatic heterocycles. The molecule has 1 heterocycles. The normalized spacial score (nSPS) is 12.4. The Morgan fingerprint density at radius 3 is 2.89 bits per heavy atom. The summed E-state index contributed by atoms with van der Waals surface area (Å²) in [6, 6.07) is 5.47. The molecule has 1 unspecified atom stereocenters. The molecule has 5 nitrogen and oxygen atoms in total.